The third-order valence-electron chi connectivity index (χ3n) is 4.66. The number of guanidine groups is 1. The summed E-state index contributed by atoms with van der Waals surface area (Å²) in [6, 6.07) is 5.90. The lowest BCUT2D eigenvalue weighted by molar-refractivity contribution is -0.116. The van der Waals surface area contributed by atoms with Gasteiger partial charge in [-0.25, -0.2) is 0 Å². The van der Waals surface area contributed by atoms with Gasteiger partial charge in [0.05, 0.1) is 10.7 Å². The van der Waals surface area contributed by atoms with Gasteiger partial charge in [-0.1, -0.05) is 31.5 Å². The molecule has 0 saturated carbocycles. The average molecular weight is 538 g/mol. The number of benzene rings is 1. The molecule has 3 N–H and O–H groups in total. The van der Waals surface area contributed by atoms with Crippen LogP contribution in [-0.2, 0) is 4.79 Å². The minimum Gasteiger partial charge on any atom is -0.356 e. The minimum atomic E-state index is -0.0824. The van der Waals surface area contributed by atoms with Crippen LogP contribution in [0.25, 0.3) is 0 Å². The highest BCUT2D eigenvalue weighted by Gasteiger charge is 2.09. The molecule has 0 heterocycles. The topological polar surface area (TPSA) is 68.8 Å². The van der Waals surface area contributed by atoms with Gasteiger partial charge in [0, 0.05) is 26.1 Å². The zero-order valence-corrected chi connectivity index (χ0v) is 21.4. The molecule has 1 rings (SSSR count). The average Bonchev–Trinajstić information content (AvgIpc) is 2.66. The molecule has 1 unspecified atom stereocenters. The molecule has 0 fully saturated rings. The van der Waals surface area contributed by atoms with Crippen LogP contribution in [-0.4, -0.2) is 56.0 Å². The fourth-order valence-electron chi connectivity index (χ4n) is 2.89. The first-order valence-electron chi connectivity index (χ1n) is 10.1. The van der Waals surface area contributed by atoms with Gasteiger partial charge in [-0.3, -0.25) is 9.79 Å². The summed E-state index contributed by atoms with van der Waals surface area (Å²) < 4.78 is 0. The van der Waals surface area contributed by atoms with E-state index in [1.54, 1.807) is 7.05 Å². The van der Waals surface area contributed by atoms with Gasteiger partial charge in [0.1, 0.15) is 0 Å². The van der Waals surface area contributed by atoms with Crippen LogP contribution in [0.1, 0.15) is 45.6 Å². The van der Waals surface area contributed by atoms with E-state index in [0.29, 0.717) is 29.7 Å². The van der Waals surface area contributed by atoms with Gasteiger partial charge in [0.15, 0.2) is 5.96 Å². The van der Waals surface area contributed by atoms with Crippen molar-refractivity contribution in [1.29, 1.82) is 0 Å². The quantitative estimate of drug-likeness (QED) is 0.224. The Labute approximate surface area is 198 Å². The van der Waals surface area contributed by atoms with E-state index >= 15 is 0 Å². The van der Waals surface area contributed by atoms with Crippen molar-refractivity contribution in [2.75, 3.05) is 38.5 Å². The van der Waals surface area contributed by atoms with E-state index in [-0.39, 0.29) is 29.9 Å². The van der Waals surface area contributed by atoms with E-state index in [1.165, 1.54) is 0 Å². The van der Waals surface area contributed by atoms with Gasteiger partial charge in [-0.15, -0.1) is 24.0 Å². The summed E-state index contributed by atoms with van der Waals surface area (Å²) in [5, 5.41) is 9.98. The Morgan fingerprint density at radius 3 is 2.55 bits per heavy atom. The number of hydrogen-bond donors (Lipinski definition) is 3. The molecule has 1 aromatic carbocycles. The van der Waals surface area contributed by atoms with Crippen molar-refractivity contribution in [2.24, 2.45) is 4.99 Å². The molecule has 0 saturated heterocycles. The molecule has 166 valence electrons. The number of halogens is 2. The van der Waals surface area contributed by atoms with E-state index in [9.17, 15) is 4.79 Å². The highest BCUT2D eigenvalue weighted by molar-refractivity contribution is 14.0. The summed E-state index contributed by atoms with van der Waals surface area (Å²) in [5.74, 6) is 0.637. The van der Waals surface area contributed by atoms with Gasteiger partial charge in [-0.2, -0.15) is 0 Å². The molecule has 8 heteroatoms. The van der Waals surface area contributed by atoms with E-state index in [4.69, 9.17) is 11.6 Å². The third kappa shape index (κ3) is 11.6. The second-order valence-corrected chi connectivity index (χ2v) is 7.40. The van der Waals surface area contributed by atoms with Crippen LogP contribution in [0.4, 0.5) is 5.69 Å². The second kappa shape index (κ2) is 15.7. The number of hydrogen-bond acceptors (Lipinski definition) is 3. The van der Waals surface area contributed by atoms with Crippen LogP contribution in [0.15, 0.2) is 23.2 Å². The van der Waals surface area contributed by atoms with E-state index < -0.39 is 0 Å². The maximum Gasteiger partial charge on any atom is 0.226 e. The smallest absolute Gasteiger partial charge is 0.226 e. The molecule has 1 aromatic rings. The predicted octanol–water partition coefficient (Wildman–Crippen LogP) is 4.27. The van der Waals surface area contributed by atoms with Gasteiger partial charge in [0.25, 0.3) is 0 Å². The largest absolute Gasteiger partial charge is 0.356 e. The lowest BCUT2D eigenvalue weighted by atomic mass is 10.2. The minimum absolute atomic E-state index is 0. The SMILES string of the molecule is CCN(CC)CCCC(C)NC(=NC)NCCC(=O)Nc1ccc(C)cc1Cl.I. The van der Waals surface area contributed by atoms with Gasteiger partial charge in [-0.05, 0) is 64.0 Å². The highest BCUT2D eigenvalue weighted by Crippen LogP contribution is 2.22. The first-order chi connectivity index (χ1) is 13.4. The highest BCUT2D eigenvalue weighted by atomic mass is 127. The number of amides is 1. The number of anilines is 1. The lowest BCUT2D eigenvalue weighted by Crippen LogP contribution is -2.43. The zero-order valence-electron chi connectivity index (χ0n) is 18.3. The van der Waals surface area contributed by atoms with Crippen LogP contribution in [0.2, 0.25) is 5.02 Å². The van der Waals surface area contributed by atoms with E-state index in [1.807, 2.05) is 25.1 Å². The molecule has 0 aromatic heterocycles. The fraction of sp³-hybridized carbons (Fsp3) is 0.619. The number of aliphatic imine (C=N–C) groups is 1. The number of carbonyl (C=O) groups excluding carboxylic acids is 1. The summed E-state index contributed by atoms with van der Waals surface area (Å²) in [7, 11) is 1.74. The normalized spacial score (nSPS) is 12.3. The summed E-state index contributed by atoms with van der Waals surface area (Å²) in [6.07, 6.45) is 2.55. The van der Waals surface area contributed by atoms with Crippen molar-refractivity contribution < 1.29 is 4.79 Å². The van der Waals surface area contributed by atoms with Crippen molar-refractivity contribution in [3.63, 3.8) is 0 Å². The number of rotatable bonds is 11. The Balaban J connectivity index is 0.00000784. The van der Waals surface area contributed by atoms with Crippen LogP contribution in [0.5, 0.6) is 0 Å². The summed E-state index contributed by atoms with van der Waals surface area (Å²) in [4.78, 5) is 18.8. The predicted molar refractivity (Wildman–Crippen MR) is 136 cm³/mol. The monoisotopic (exact) mass is 537 g/mol. The van der Waals surface area contributed by atoms with Crippen molar-refractivity contribution in [2.45, 2.75) is 53.0 Å². The molecule has 6 nitrogen and oxygen atoms in total. The molecule has 0 spiro atoms. The lowest BCUT2D eigenvalue weighted by Gasteiger charge is -2.21. The number of carbonyl (C=O) groups is 1. The van der Waals surface area contributed by atoms with Crippen LogP contribution < -0.4 is 16.0 Å². The third-order valence-corrected chi connectivity index (χ3v) is 4.97. The Hall–Kier alpha value is -1.06. The van der Waals surface area contributed by atoms with Crippen molar-refractivity contribution in [3.05, 3.63) is 28.8 Å². The Bertz CT molecular complexity index is 637. The molecule has 0 aliphatic rings. The van der Waals surface area contributed by atoms with Crippen molar-refractivity contribution >= 4 is 53.1 Å². The molecule has 0 radical (unpaired) electrons. The van der Waals surface area contributed by atoms with Crippen LogP contribution >= 0.6 is 35.6 Å². The maximum absolute atomic E-state index is 12.1. The fourth-order valence-corrected chi connectivity index (χ4v) is 3.17. The Morgan fingerprint density at radius 1 is 1.28 bits per heavy atom. The van der Waals surface area contributed by atoms with Gasteiger partial charge in [0.2, 0.25) is 5.91 Å². The molecule has 0 aliphatic heterocycles. The first-order valence-corrected chi connectivity index (χ1v) is 10.5. The molecule has 0 aliphatic carbocycles. The molecule has 1 atom stereocenters. The van der Waals surface area contributed by atoms with Crippen LogP contribution in [0.3, 0.4) is 0 Å². The summed E-state index contributed by atoms with van der Waals surface area (Å²) in [5.41, 5.74) is 1.70. The second-order valence-electron chi connectivity index (χ2n) is 6.99. The van der Waals surface area contributed by atoms with E-state index in [0.717, 1.165) is 44.0 Å². The Morgan fingerprint density at radius 2 is 1.97 bits per heavy atom. The standard InChI is InChI=1S/C21H36ClN5O.HI/c1-6-27(7-2)14-8-9-17(4)25-21(23-5)24-13-12-20(28)26-19-11-10-16(3)15-18(19)22;/h10-11,15,17H,6-9,12-14H2,1-5H3,(H,26,28)(H2,23,24,25);1H. The van der Waals surface area contributed by atoms with Crippen LogP contribution in [0, 0.1) is 6.92 Å². The number of nitrogens with zero attached hydrogens (tertiary/aromatic N) is 2. The first kappa shape index (κ1) is 27.9. The van der Waals surface area contributed by atoms with Crippen molar-refractivity contribution in [3.8, 4) is 0 Å². The number of nitrogens with one attached hydrogen (secondary N) is 3. The van der Waals surface area contributed by atoms with Gasteiger partial charge < -0.3 is 20.9 Å². The zero-order chi connectivity index (χ0) is 20.9. The molecular formula is C21H37ClIN5O. The molecule has 1 amide bonds. The van der Waals surface area contributed by atoms with Crippen molar-refractivity contribution in [1.82, 2.24) is 15.5 Å². The molecule has 29 heavy (non-hydrogen) atoms. The molecular weight excluding hydrogens is 501 g/mol. The maximum atomic E-state index is 12.1. The Kier molecular flexibility index (Phi) is 15.2. The summed E-state index contributed by atoms with van der Waals surface area (Å²) in [6.45, 7) is 12.3. The van der Waals surface area contributed by atoms with Gasteiger partial charge >= 0.3 is 0 Å². The van der Waals surface area contributed by atoms with E-state index in [2.05, 4.69) is 46.6 Å². The molecule has 0 bridgehead atoms. The summed E-state index contributed by atoms with van der Waals surface area (Å²) >= 11 is 6.15. The number of aryl methyl sites for hydroxylation is 1.